The molecule has 18 heavy (non-hydrogen) atoms. The Balaban J connectivity index is 2.24. The van der Waals surface area contributed by atoms with Gasteiger partial charge in [0.15, 0.2) is 0 Å². The van der Waals surface area contributed by atoms with Crippen molar-refractivity contribution in [1.29, 1.82) is 0 Å². The molecule has 1 aromatic heterocycles. The first kappa shape index (κ1) is 14.3. The van der Waals surface area contributed by atoms with E-state index in [2.05, 4.69) is 6.92 Å². The minimum absolute atomic E-state index is 0.378. The topological polar surface area (TPSA) is 37.4 Å². The van der Waals surface area contributed by atoms with E-state index < -0.39 is 10.0 Å². The summed E-state index contributed by atoms with van der Waals surface area (Å²) in [6.45, 7) is 5.35. The second-order valence-corrected chi connectivity index (χ2v) is 8.46. The molecule has 1 aliphatic heterocycles. The number of hydrogen-bond donors (Lipinski definition) is 0. The SMILES string of the molecule is Cc1cc(S(=O)(=O)N2CCC(C)CC2)sc1CCl. The van der Waals surface area contributed by atoms with Crippen molar-refractivity contribution in [3.05, 3.63) is 16.5 Å². The number of piperidine rings is 1. The number of nitrogens with zero attached hydrogens (tertiary/aromatic N) is 1. The van der Waals surface area contributed by atoms with Gasteiger partial charge in [-0.15, -0.1) is 22.9 Å². The lowest BCUT2D eigenvalue weighted by molar-refractivity contribution is 0.288. The normalized spacial score (nSPS) is 19.3. The molecule has 1 fully saturated rings. The van der Waals surface area contributed by atoms with Crippen LogP contribution in [-0.2, 0) is 15.9 Å². The molecule has 0 bridgehead atoms. The van der Waals surface area contributed by atoms with E-state index in [1.807, 2.05) is 6.92 Å². The molecular weight excluding hydrogens is 290 g/mol. The standard InChI is InChI=1S/C12H18ClNO2S2/c1-9-3-5-14(6-4-9)18(15,16)12-7-10(2)11(8-13)17-12/h7,9H,3-6,8H2,1-2H3. The number of alkyl halides is 1. The van der Waals surface area contributed by atoms with Gasteiger partial charge in [-0.3, -0.25) is 0 Å². The summed E-state index contributed by atoms with van der Waals surface area (Å²) < 4.78 is 27.0. The van der Waals surface area contributed by atoms with Crippen LogP contribution in [0, 0.1) is 12.8 Å². The predicted octanol–water partition coefficient (Wildman–Crippen LogP) is 3.22. The van der Waals surface area contributed by atoms with Gasteiger partial charge in [-0.1, -0.05) is 6.92 Å². The van der Waals surface area contributed by atoms with Crippen LogP contribution in [0.2, 0.25) is 0 Å². The van der Waals surface area contributed by atoms with Gasteiger partial charge in [0.05, 0.1) is 5.88 Å². The van der Waals surface area contributed by atoms with E-state index in [1.165, 1.54) is 11.3 Å². The second kappa shape index (κ2) is 5.49. The molecule has 0 radical (unpaired) electrons. The third kappa shape index (κ3) is 2.74. The summed E-state index contributed by atoms with van der Waals surface area (Å²) in [5.41, 5.74) is 0.971. The zero-order valence-corrected chi connectivity index (χ0v) is 13.0. The molecule has 1 aliphatic rings. The van der Waals surface area contributed by atoms with Gasteiger partial charge in [0.2, 0.25) is 0 Å². The lowest BCUT2D eigenvalue weighted by atomic mass is 10.0. The number of rotatable bonds is 3. The lowest BCUT2D eigenvalue weighted by Crippen LogP contribution is -2.37. The minimum atomic E-state index is -3.30. The lowest BCUT2D eigenvalue weighted by Gasteiger charge is -2.28. The van der Waals surface area contributed by atoms with E-state index in [0.29, 0.717) is 29.1 Å². The largest absolute Gasteiger partial charge is 0.252 e. The molecule has 0 N–H and O–H groups in total. The molecule has 102 valence electrons. The maximum Gasteiger partial charge on any atom is 0.252 e. The van der Waals surface area contributed by atoms with Crippen molar-refractivity contribution >= 4 is 33.0 Å². The Labute approximate surface area is 118 Å². The third-order valence-electron chi connectivity index (χ3n) is 3.46. The van der Waals surface area contributed by atoms with Crippen LogP contribution in [0.1, 0.15) is 30.2 Å². The van der Waals surface area contributed by atoms with Gasteiger partial charge in [0, 0.05) is 18.0 Å². The summed E-state index contributed by atoms with van der Waals surface area (Å²) in [5, 5.41) is 0. The first-order chi connectivity index (χ1) is 8.45. The Hall–Kier alpha value is -0.100. The van der Waals surface area contributed by atoms with Gasteiger partial charge in [-0.25, -0.2) is 8.42 Å². The monoisotopic (exact) mass is 307 g/mol. The third-order valence-corrected chi connectivity index (χ3v) is 7.47. The molecule has 0 spiro atoms. The Bertz CT molecular complexity index is 516. The highest BCUT2D eigenvalue weighted by Gasteiger charge is 2.29. The van der Waals surface area contributed by atoms with Gasteiger partial charge >= 0.3 is 0 Å². The highest BCUT2D eigenvalue weighted by atomic mass is 35.5. The number of hydrogen-bond acceptors (Lipinski definition) is 3. The van der Waals surface area contributed by atoms with Crippen molar-refractivity contribution < 1.29 is 8.42 Å². The van der Waals surface area contributed by atoms with Crippen LogP contribution in [0.4, 0.5) is 0 Å². The van der Waals surface area contributed by atoms with Crippen LogP contribution in [0.25, 0.3) is 0 Å². The van der Waals surface area contributed by atoms with Crippen molar-refractivity contribution in [2.75, 3.05) is 13.1 Å². The Morgan fingerprint density at radius 2 is 2.06 bits per heavy atom. The van der Waals surface area contributed by atoms with Gasteiger partial charge in [-0.05, 0) is 37.3 Å². The fourth-order valence-corrected chi connectivity index (χ4v) is 5.54. The number of aryl methyl sites for hydroxylation is 1. The highest BCUT2D eigenvalue weighted by molar-refractivity contribution is 7.91. The maximum absolute atomic E-state index is 12.5. The van der Waals surface area contributed by atoms with Crippen LogP contribution in [0.5, 0.6) is 0 Å². The second-order valence-electron chi connectivity index (χ2n) is 4.89. The molecule has 3 nitrogen and oxygen atoms in total. The molecule has 0 aromatic carbocycles. The first-order valence-corrected chi connectivity index (χ1v) is 8.89. The van der Waals surface area contributed by atoms with Crippen LogP contribution in [0.3, 0.4) is 0 Å². The molecular formula is C12H18ClNO2S2. The van der Waals surface area contributed by atoms with Gasteiger partial charge in [-0.2, -0.15) is 4.31 Å². The smallest absolute Gasteiger partial charge is 0.206 e. The van der Waals surface area contributed by atoms with Crippen molar-refractivity contribution in [2.45, 2.75) is 36.8 Å². The molecule has 2 rings (SSSR count). The molecule has 0 aliphatic carbocycles. The van der Waals surface area contributed by atoms with E-state index in [4.69, 9.17) is 11.6 Å². The van der Waals surface area contributed by atoms with Crippen LogP contribution < -0.4 is 0 Å². The van der Waals surface area contributed by atoms with E-state index in [0.717, 1.165) is 23.3 Å². The Morgan fingerprint density at radius 1 is 1.44 bits per heavy atom. The molecule has 2 heterocycles. The van der Waals surface area contributed by atoms with Crippen molar-refractivity contribution in [1.82, 2.24) is 4.31 Å². The van der Waals surface area contributed by atoms with Gasteiger partial charge < -0.3 is 0 Å². The Morgan fingerprint density at radius 3 is 2.56 bits per heavy atom. The average Bonchev–Trinajstić information content (AvgIpc) is 2.72. The fourth-order valence-electron chi connectivity index (χ4n) is 2.10. The zero-order valence-electron chi connectivity index (χ0n) is 10.6. The van der Waals surface area contributed by atoms with Gasteiger partial charge in [0.25, 0.3) is 10.0 Å². The zero-order chi connectivity index (χ0) is 13.3. The number of thiophene rings is 1. The average molecular weight is 308 g/mol. The molecule has 0 unspecified atom stereocenters. The quantitative estimate of drug-likeness (QED) is 0.804. The van der Waals surface area contributed by atoms with E-state index in [9.17, 15) is 8.42 Å². The van der Waals surface area contributed by atoms with Crippen molar-refractivity contribution in [2.24, 2.45) is 5.92 Å². The van der Waals surface area contributed by atoms with Crippen LogP contribution in [-0.4, -0.2) is 25.8 Å². The molecule has 6 heteroatoms. The maximum atomic E-state index is 12.5. The molecule has 0 amide bonds. The summed E-state index contributed by atoms with van der Waals surface area (Å²) >= 11 is 7.10. The first-order valence-electron chi connectivity index (χ1n) is 6.10. The summed E-state index contributed by atoms with van der Waals surface area (Å²) in [6, 6.07) is 1.75. The molecule has 0 saturated carbocycles. The van der Waals surface area contributed by atoms with Crippen molar-refractivity contribution in [3.8, 4) is 0 Å². The number of halogens is 1. The minimum Gasteiger partial charge on any atom is -0.206 e. The predicted molar refractivity (Wildman–Crippen MR) is 75.8 cm³/mol. The van der Waals surface area contributed by atoms with E-state index in [1.54, 1.807) is 10.4 Å². The Kier molecular flexibility index (Phi) is 4.36. The summed E-state index contributed by atoms with van der Waals surface area (Å²) in [5.74, 6) is 1.00. The van der Waals surface area contributed by atoms with Crippen LogP contribution in [0.15, 0.2) is 10.3 Å². The van der Waals surface area contributed by atoms with E-state index in [-0.39, 0.29) is 0 Å². The molecule has 1 saturated heterocycles. The van der Waals surface area contributed by atoms with E-state index >= 15 is 0 Å². The van der Waals surface area contributed by atoms with Crippen LogP contribution >= 0.6 is 22.9 Å². The fraction of sp³-hybridized carbons (Fsp3) is 0.667. The van der Waals surface area contributed by atoms with Gasteiger partial charge in [0.1, 0.15) is 4.21 Å². The summed E-state index contributed by atoms with van der Waals surface area (Å²) in [6.07, 6.45) is 1.90. The molecule has 0 atom stereocenters. The summed E-state index contributed by atoms with van der Waals surface area (Å²) in [4.78, 5) is 0.945. The summed E-state index contributed by atoms with van der Waals surface area (Å²) in [7, 11) is -3.30. The number of sulfonamides is 1. The molecule has 1 aromatic rings. The van der Waals surface area contributed by atoms with Crippen molar-refractivity contribution in [3.63, 3.8) is 0 Å². The highest BCUT2D eigenvalue weighted by Crippen LogP contribution is 2.31.